The van der Waals surface area contributed by atoms with E-state index in [0.29, 0.717) is 0 Å². The molecule has 1 aliphatic rings. The minimum atomic E-state index is 0.781. The van der Waals surface area contributed by atoms with Crippen molar-refractivity contribution >= 4 is 11.8 Å². The van der Waals surface area contributed by atoms with Gasteiger partial charge in [0.1, 0.15) is 5.03 Å². The number of thioether (sulfide) groups is 1. The molecule has 0 aliphatic heterocycles. The van der Waals surface area contributed by atoms with E-state index in [4.69, 9.17) is 0 Å². The molecule has 0 atom stereocenters. The molecule has 1 saturated carbocycles. The molecule has 1 fully saturated rings. The van der Waals surface area contributed by atoms with E-state index in [1.165, 1.54) is 32.1 Å². The summed E-state index contributed by atoms with van der Waals surface area (Å²) in [5.74, 6) is 0. The normalized spacial score (nSPS) is 19.7. The van der Waals surface area contributed by atoms with Crippen LogP contribution >= 0.6 is 11.8 Å². The van der Waals surface area contributed by atoms with Crippen LogP contribution in [0.2, 0.25) is 0 Å². The molecule has 1 aromatic heterocycles. The third-order valence-electron chi connectivity index (χ3n) is 2.23. The Balaban J connectivity index is 1.86. The van der Waals surface area contributed by atoms with E-state index in [1.807, 2.05) is 11.8 Å². The van der Waals surface area contributed by atoms with Crippen molar-refractivity contribution in [3.63, 3.8) is 0 Å². The Bertz CT molecular complexity index is 216. The van der Waals surface area contributed by atoms with E-state index in [0.717, 1.165) is 10.3 Å². The summed E-state index contributed by atoms with van der Waals surface area (Å²) in [5.41, 5.74) is 0. The first-order valence-corrected chi connectivity index (χ1v) is 5.35. The summed E-state index contributed by atoms with van der Waals surface area (Å²) >= 11 is 1.87. The predicted molar refractivity (Wildman–Crippen MR) is 49.1 cm³/mol. The molecule has 1 heterocycles. The second-order valence-corrected chi connectivity index (χ2v) is 4.51. The molecule has 66 valence electrons. The first-order chi connectivity index (χ1) is 5.95. The third-order valence-corrected chi connectivity index (χ3v) is 3.48. The van der Waals surface area contributed by atoms with Crippen LogP contribution in [0.5, 0.6) is 0 Å². The molecule has 4 heteroatoms. The monoisotopic (exact) mass is 183 g/mol. The molecule has 3 nitrogen and oxygen atoms in total. The molecule has 1 aliphatic carbocycles. The van der Waals surface area contributed by atoms with Gasteiger partial charge in [-0.2, -0.15) is 10.3 Å². The van der Waals surface area contributed by atoms with Gasteiger partial charge in [0.15, 0.2) is 0 Å². The Morgan fingerprint density at radius 3 is 2.83 bits per heavy atom. The van der Waals surface area contributed by atoms with Gasteiger partial charge in [-0.1, -0.05) is 31.0 Å². The molecule has 0 bridgehead atoms. The molecule has 1 N–H and O–H groups in total. The van der Waals surface area contributed by atoms with E-state index in [1.54, 1.807) is 6.20 Å². The van der Waals surface area contributed by atoms with Crippen molar-refractivity contribution in [2.75, 3.05) is 0 Å². The maximum atomic E-state index is 4.04. The molecule has 12 heavy (non-hydrogen) atoms. The lowest BCUT2D eigenvalue weighted by atomic mass is 10.0. The Morgan fingerprint density at radius 1 is 1.33 bits per heavy atom. The van der Waals surface area contributed by atoms with Crippen molar-refractivity contribution in [2.45, 2.75) is 42.4 Å². The van der Waals surface area contributed by atoms with Crippen LogP contribution in [0.15, 0.2) is 11.2 Å². The van der Waals surface area contributed by atoms with Gasteiger partial charge in [-0.25, -0.2) is 0 Å². The van der Waals surface area contributed by atoms with Gasteiger partial charge in [0.25, 0.3) is 0 Å². The number of nitrogens with one attached hydrogen (secondary N) is 1. The van der Waals surface area contributed by atoms with E-state index >= 15 is 0 Å². The van der Waals surface area contributed by atoms with Gasteiger partial charge < -0.3 is 0 Å². The first kappa shape index (κ1) is 8.10. The maximum absolute atomic E-state index is 4.04. The lowest BCUT2D eigenvalue weighted by Crippen LogP contribution is -2.07. The number of hydrogen-bond donors (Lipinski definition) is 1. The van der Waals surface area contributed by atoms with Crippen LogP contribution in [-0.2, 0) is 0 Å². The summed E-state index contributed by atoms with van der Waals surface area (Å²) in [6, 6.07) is 0. The van der Waals surface area contributed by atoms with Crippen LogP contribution in [-0.4, -0.2) is 20.7 Å². The zero-order valence-corrected chi connectivity index (χ0v) is 7.81. The minimum Gasteiger partial charge on any atom is -0.197 e. The lowest BCUT2D eigenvalue weighted by molar-refractivity contribution is 0.515. The summed E-state index contributed by atoms with van der Waals surface area (Å²) in [7, 11) is 0. The second-order valence-electron chi connectivity index (χ2n) is 3.19. The smallest absolute Gasteiger partial charge is 0.138 e. The number of nitrogens with zero attached hydrogens (tertiary/aromatic N) is 2. The number of H-pyrrole nitrogens is 1. The highest BCUT2D eigenvalue weighted by Gasteiger charge is 2.15. The number of hydrogen-bond acceptors (Lipinski definition) is 3. The van der Waals surface area contributed by atoms with Crippen molar-refractivity contribution in [3.05, 3.63) is 6.20 Å². The average molecular weight is 183 g/mol. The number of rotatable bonds is 2. The van der Waals surface area contributed by atoms with Crippen LogP contribution in [0.3, 0.4) is 0 Å². The van der Waals surface area contributed by atoms with Crippen molar-refractivity contribution in [2.24, 2.45) is 0 Å². The van der Waals surface area contributed by atoms with Gasteiger partial charge in [-0.3, -0.25) is 0 Å². The van der Waals surface area contributed by atoms with Gasteiger partial charge in [-0.15, -0.1) is 5.10 Å². The summed E-state index contributed by atoms with van der Waals surface area (Å²) in [6.07, 6.45) is 8.68. The molecular formula is C8H13N3S. The van der Waals surface area contributed by atoms with Crippen LogP contribution in [0.25, 0.3) is 0 Å². The quantitative estimate of drug-likeness (QED) is 0.764. The minimum absolute atomic E-state index is 0.781. The molecular weight excluding hydrogens is 170 g/mol. The van der Waals surface area contributed by atoms with Gasteiger partial charge in [0.2, 0.25) is 0 Å². The van der Waals surface area contributed by atoms with Crippen LogP contribution in [0.4, 0.5) is 0 Å². The highest BCUT2D eigenvalue weighted by Crippen LogP contribution is 2.31. The van der Waals surface area contributed by atoms with Crippen LogP contribution < -0.4 is 0 Å². The molecule has 0 saturated heterocycles. The fourth-order valence-electron chi connectivity index (χ4n) is 1.60. The Labute approximate surface area is 76.3 Å². The standard InChI is InChI=1S/C8H13N3S/c1-2-4-7(5-3-1)12-8-6-9-11-10-8/h6-7H,1-5H2,(H,9,10,11). The summed E-state index contributed by atoms with van der Waals surface area (Å²) in [5, 5.41) is 12.3. The maximum Gasteiger partial charge on any atom is 0.138 e. The molecule has 0 aromatic carbocycles. The fourth-order valence-corrected chi connectivity index (χ4v) is 2.72. The van der Waals surface area contributed by atoms with Crippen molar-refractivity contribution < 1.29 is 0 Å². The van der Waals surface area contributed by atoms with E-state index < -0.39 is 0 Å². The van der Waals surface area contributed by atoms with Crippen LogP contribution in [0.1, 0.15) is 32.1 Å². The van der Waals surface area contributed by atoms with Crippen molar-refractivity contribution in [1.82, 2.24) is 15.4 Å². The highest BCUT2D eigenvalue weighted by atomic mass is 32.2. The highest BCUT2D eigenvalue weighted by molar-refractivity contribution is 7.99. The molecule has 0 amide bonds. The Kier molecular flexibility index (Phi) is 2.66. The van der Waals surface area contributed by atoms with E-state index in [-0.39, 0.29) is 0 Å². The van der Waals surface area contributed by atoms with Crippen molar-refractivity contribution in [3.8, 4) is 0 Å². The second kappa shape index (κ2) is 3.94. The van der Waals surface area contributed by atoms with Gasteiger partial charge in [0, 0.05) is 5.25 Å². The van der Waals surface area contributed by atoms with E-state index in [9.17, 15) is 0 Å². The largest absolute Gasteiger partial charge is 0.197 e. The first-order valence-electron chi connectivity index (χ1n) is 4.47. The molecule has 2 rings (SSSR count). The van der Waals surface area contributed by atoms with Gasteiger partial charge in [0.05, 0.1) is 6.20 Å². The summed E-state index contributed by atoms with van der Waals surface area (Å²) in [4.78, 5) is 0. The predicted octanol–water partition coefficient (Wildman–Crippen LogP) is 2.23. The summed E-state index contributed by atoms with van der Waals surface area (Å²) in [6.45, 7) is 0. The zero-order chi connectivity index (χ0) is 8.23. The Hall–Kier alpha value is -0.510. The molecule has 0 unspecified atom stereocenters. The Morgan fingerprint density at radius 2 is 2.17 bits per heavy atom. The van der Waals surface area contributed by atoms with Crippen molar-refractivity contribution in [1.29, 1.82) is 0 Å². The lowest BCUT2D eigenvalue weighted by Gasteiger charge is -2.19. The molecule has 0 spiro atoms. The third kappa shape index (κ3) is 2.00. The topological polar surface area (TPSA) is 41.6 Å². The number of aromatic amines is 1. The van der Waals surface area contributed by atoms with Crippen LogP contribution in [0, 0.1) is 0 Å². The van der Waals surface area contributed by atoms with Gasteiger partial charge >= 0.3 is 0 Å². The SMILES string of the molecule is c1n[nH]nc1SC1CCCCC1. The zero-order valence-electron chi connectivity index (χ0n) is 6.99. The van der Waals surface area contributed by atoms with E-state index in [2.05, 4.69) is 15.4 Å². The summed E-state index contributed by atoms with van der Waals surface area (Å²) < 4.78 is 0. The molecule has 0 radical (unpaired) electrons. The molecule has 1 aromatic rings. The fraction of sp³-hybridized carbons (Fsp3) is 0.750. The van der Waals surface area contributed by atoms with Gasteiger partial charge in [-0.05, 0) is 12.8 Å². The average Bonchev–Trinajstić information content (AvgIpc) is 2.59. The number of aromatic nitrogens is 3.